The largest absolute Gasteiger partial charge is 0.359 e. The predicted octanol–water partition coefficient (Wildman–Crippen LogP) is 2.52. The molecule has 2 bridgehead atoms. The van der Waals surface area contributed by atoms with E-state index in [1.807, 2.05) is 12.1 Å². The second-order valence-corrected chi connectivity index (χ2v) is 6.44. The first-order valence-electron chi connectivity index (χ1n) is 7.55. The van der Waals surface area contributed by atoms with E-state index in [0.29, 0.717) is 16.7 Å². The summed E-state index contributed by atoms with van der Waals surface area (Å²) in [6, 6.07) is 7.87. The Balaban J connectivity index is 1.54. The molecule has 0 saturated heterocycles. The van der Waals surface area contributed by atoms with E-state index in [9.17, 15) is 4.79 Å². The second kappa shape index (κ2) is 6.02. The van der Waals surface area contributed by atoms with Crippen molar-refractivity contribution in [2.24, 2.45) is 11.8 Å². The first-order chi connectivity index (χ1) is 10.2. The molecular weight excluding hydrogens is 282 g/mol. The fourth-order valence-corrected chi connectivity index (χ4v) is 3.88. The Kier molecular flexibility index (Phi) is 4.10. The quantitative estimate of drug-likeness (QED) is 0.751. The molecule has 0 unspecified atom stereocenters. The Hall–Kier alpha value is -1.62. The van der Waals surface area contributed by atoms with Crippen LogP contribution in [0.3, 0.4) is 0 Å². The van der Waals surface area contributed by atoms with Crippen LogP contribution in [-0.4, -0.2) is 24.1 Å². The number of benzene rings is 1. The van der Waals surface area contributed by atoms with Gasteiger partial charge in [-0.2, -0.15) is 0 Å². The molecule has 1 aromatic rings. The van der Waals surface area contributed by atoms with Gasteiger partial charge in [-0.05, 0) is 67.6 Å². The standard InChI is InChI=1S/C16H21N3OS/c1-17-15(20)11-4-6-13(7-5-11)18-16(21)19-14-9-10-2-3-12(14)8-10/h4-7,10,12,14H,2-3,8-9H2,1H3,(H,17,20)(H2,18,19,21)/t10-,12+,14+/m0/s1. The summed E-state index contributed by atoms with van der Waals surface area (Å²) in [4.78, 5) is 11.5. The SMILES string of the molecule is CNC(=O)c1ccc(NC(=S)N[C@@H]2C[C@H]3CC[C@@H]2C3)cc1. The lowest BCUT2D eigenvalue weighted by atomic mass is 9.96. The molecule has 0 aromatic heterocycles. The number of rotatable bonds is 3. The second-order valence-electron chi connectivity index (χ2n) is 6.04. The zero-order valence-electron chi connectivity index (χ0n) is 12.2. The first-order valence-corrected chi connectivity index (χ1v) is 7.96. The van der Waals surface area contributed by atoms with Crippen molar-refractivity contribution < 1.29 is 4.79 Å². The van der Waals surface area contributed by atoms with Crippen molar-refractivity contribution in [3.63, 3.8) is 0 Å². The van der Waals surface area contributed by atoms with Crippen LogP contribution in [0, 0.1) is 11.8 Å². The lowest BCUT2D eigenvalue weighted by Crippen LogP contribution is -2.40. The van der Waals surface area contributed by atoms with Crippen LogP contribution in [0.15, 0.2) is 24.3 Å². The molecular formula is C16H21N3OS. The Morgan fingerprint density at radius 3 is 2.52 bits per heavy atom. The summed E-state index contributed by atoms with van der Waals surface area (Å²) < 4.78 is 0. The van der Waals surface area contributed by atoms with Gasteiger partial charge >= 0.3 is 0 Å². The van der Waals surface area contributed by atoms with Gasteiger partial charge in [-0.15, -0.1) is 0 Å². The van der Waals surface area contributed by atoms with Crippen molar-refractivity contribution in [1.82, 2.24) is 10.6 Å². The summed E-state index contributed by atoms with van der Waals surface area (Å²) in [5.74, 6) is 1.62. The van der Waals surface area contributed by atoms with E-state index in [2.05, 4.69) is 16.0 Å². The molecule has 3 atom stereocenters. The van der Waals surface area contributed by atoms with Gasteiger partial charge in [0.15, 0.2) is 5.11 Å². The minimum absolute atomic E-state index is 0.0794. The molecule has 0 radical (unpaired) electrons. The number of carbonyl (C=O) groups excluding carboxylic acids is 1. The van der Waals surface area contributed by atoms with Crippen molar-refractivity contribution in [2.45, 2.75) is 31.7 Å². The van der Waals surface area contributed by atoms with E-state index in [0.717, 1.165) is 17.5 Å². The highest BCUT2D eigenvalue weighted by Gasteiger charge is 2.39. The number of amides is 1. The number of hydrogen-bond acceptors (Lipinski definition) is 2. The maximum atomic E-state index is 11.5. The molecule has 3 rings (SSSR count). The van der Waals surface area contributed by atoms with Crippen molar-refractivity contribution in [3.8, 4) is 0 Å². The number of thiocarbonyl (C=S) groups is 1. The number of hydrogen-bond donors (Lipinski definition) is 3. The average Bonchev–Trinajstić information content (AvgIpc) is 3.09. The third-order valence-corrected chi connectivity index (χ3v) is 4.91. The van der Waals surface area contributed by atoms with E-state index in [1.54, 1.807) is 19.2 Å². The summed E-state index contributed by atoms with van der Waals surface area (Å²) in [6.45, 7) is 0. The molecule has 2 fully saturated rings. The molecule has 1 amide bonds. The van der Waals surface area contributed by atoms with Crippen LogP contribution in [0.5, 0.6) is 0 Å². The van der Waals surface area contributed by atoms with Crippen LogP contribution < -0.4 is 16.0 Å². The molecule has 2 aliphatic rings. The zero-order valence-corrected chi connectivity index (χ0v) is 13.0. The highest BCUT2D eigenvalue weighted by molar-refractivity contribution is 7.80. The first kappa shape index (κ1) is 14.3. The fraction of sp³-hybridized carbons (Fsp3) is 0.500. The van der Waals surface area contributed by atoms with Crippen LogP contribution in [0.2, 0.25) is 0 Å². The van der Waals surface area contributed by atoms with Crippen molar-refractivity contribution >= 4 is 28.9 Å². The minimum Gasteiger partial charge on any atom is -0.359 e. The number of anilines is 1. The van der Waals surface area contributed by atoms with Gasteiger partial charge in [0, 0.05) is 24.3 Å². The van der Waals surface area contributed by atoms with Crippen LogP contribution in [-0.2, 0) is 0 Å². The molecule has 0 aliphatic heterocycles. The van der Waals surface area contributed by atoms with Crippen LogP contribution in [0.25, 0.3) is 0 Å². The normalized spacial score (nSPS) is 26.4. The minimum atomic E-state index is -0.0794. The molecule has 2 aliphatic carbocycles. The topological polar surface area (TPSA) is 53.2 Å². The Labute approximate surface area is 130 Å². The third kappa shape index (κ3) is 3.18. The van der Waals surface area contributed by atoms with Crippen molar-refractivity contribution in [2.75, 3.05) is 12.4 Å². The van der Waals surface area contributed by atoms with Gasteiger partial charge in [0.25, 0.3) is 5.91 Å². The number of fused-ring (bicyclic) bond motifs is 2. The highest BCUT2D eigenvalue weighted by atomic mass is 32.1. The third-order valence-electron chi connectivity index (χ3n) is 4.69. The smallest absolute Gasteiger partial charge is 0.251 e. The van der Waals surface area contributed by atoms with Gasteiger partial charge in [-0.25, -0.2) is 0 Å². The molecule has 0 spiro atoms. The van der Waals surface area contributed by atoms with Crippen molar-refractivity contribution in [3.05, 3.63) is 29.8 Å². The molecule has 5 heteroatoms. The van der Waals surface area contributed by atoms with E-state index >= 15 is 0 Å². The van der Waals surface area contributed by atoms with Gasteiger partial charge in [-0.1, -0.05) is 6.42 Å². The van der Waals surface area contributed by atoms with E-state index < -0.39 is 0 Å². The molecule has 0 heterocycles. The molecule has 1 aromatic carbocycles. The summed E-state index contributed by atoms with van der Waals surface area (Å²) in [5, 5.41) is 9.94. The van der Waals surface area contributed by atoms with E-state index in [1.165, 1.54) is 25.7 Å². The molecule has 3 N–H and O–H groups in total. The number of nitrogens with one attached hydrogen (secondary N) is 3. The maximum Gasteiger partial charge on any atom is 0.251 e. The lowest BCUT2D eigenvalue weighted by Gasteiger charge is -2.24. The summed E-state index contributed by atoms with van der Waals surface area (Å²) in [6.07, 6.45) is 5.35. The van der Waals surface area contributed by atoms with Gasteiger partial charge in [0.1, 0.15) is 0 Å². The van der Waals surface area contributed by atoms with E-state index in [4.69, 9.17) is 12.2 Å². The Morgan fingerprint density at radius 1 is 1.19 bits per heavy atom. The van der Waals surface area contributed by atoms with Gasteiger partial charge in [-0.3, -0.25) is 4.79 Å². The summed E-state index contributed by atoms with van der Waals surface area (Å²) in [7, 11) is 1.63. The maximum absolute atomic E-state index is 11.5. The molecule has 4 nitrogen and oxygen atoms in total. The predicted molar refractivity (Wildman–Crippen MR) is 88.4 cm³/mol. The summed E-state index contributed by atoms with van der Waals surface area (Å²) in [5.41, 5.74) is 1.55. The zero-order chi connectivity index (χ0) is 14.8. The molecule has 21 heavy (non-hydrogen) atoms. The van der Waals surface area contributed by atoms with Crippen molar-refractivity contribution in [1.29, 1.82) is 0 Å². The molecule has 112 valence electrons. The molecule has 2 saturated carbocycles. The van der Waals surface area contributed by atoms with Gasteiger partial charge in [0.2, 0.25) is 0 Å². The number of carbonyl (C=O) groups is 1. The average molecular weight is 303 g/mol. The van der Waals surface area contributed by atoms with Crippen LogP contribution in [0.4, 0.5) is 5.69 Å². The monoisotopic (exact) mass is 303 g/mol. The Morgan fingerprint density at radius 2 is 1.95 bits per heavy atom. The van der Waals surface area contributed by atoms with Crippen LogP contribution >= 0.6 is 12.2 Å². The fourth-order valence-electron chi connectivity index (χ4n) is 3.61. The lowest BCUT2D eigenvalue weighted by molar-refractivity contribution is 0.0963. The highest BCUT2D eigenvalue weighted by Crippen LogP contribution is 2.44. The van der Waals surface area contributed by atoms with Crippen LogP contribution in [0.1, 0.15) is 36.0 Å². The Bertz CT molecular complexity index is 543. The summed E-state index contributed by atoms with van der Waals surface area (Å²) >= 11 is 5.39. The van der Waals surface area contributed by atoms with E-state index in [-0.39, 0.29) is 5.91 Å². The van der Waals surface area contributed by atoms with Gasteiger partial charge < -0.3 is 16.0 Å². The van der Waals surface area contributed by atoms with Gasteiger partial charge in [0.05, 0.1) is 0 Å².